The van der Waals surface area contributed by atoms with Crippen LogP contribution in [0.3, 0.4) is 0 Å². The molecular weight excluding hydrogens is 322 g/mol. The lowest BCUT2D eigenvalue weighted by Gasteiger charge is -2.47. The standard InChI is InChI=1S/C19H25NO5/c1-12(9-15(22)23)5-6-19(25-16(24)18(20)7-8-18)13(2)10-14(21)11-17(19,3)4/h5-6,9-10H,7-8,11,20H2,1-4H3,(H,22,23). The second-order valence-electron chi connectivity index (χ2n) is 7.70. The molecule has 0 saturated heterocycles. The molecule has 0 aromatic rings. The Hall–Kier alpha value is -2.21. The number of hydrogen-bond acceptors (Lipinski definition) is 5. The van der Waals surface area contributed by atoms with Crippen molar-refractivity contribution in [3.05, 3.63) is 35.5 Å². The summed E-state index contributed by atoms with van der Waals surface area (Å²) in [6.07, 6.45) is 7.18. The quantitative estimate of drug-likeness (QED) is 0.449. The van der Waals surface area contributed by atoms with Gasteiger partial charge >= 0.3 is 11.9 Å². The van der Waals surface area contributed by atoms with Crippen molar-refractivity contribution in [1.29, 1.82) is 0 Å². The first-order valence-electron chi connectivity index (χ1n) is 8.26. The first kappa shape index (κ1) is 19.1. The summed E-state index contributed by atoms with van der Waals surface area (Å²) in [7, 11) is 0. The van der Waals surface area contributed by atoms with Gasteiger partial charge in [0.1, 0.15) is 5.54 Å². The van der Waals surface area contributed by atoms with E-state index in [9.17, 15) is 14.4 Å². The molecule has 0 radical (unpaired) electrons. The Morgan fingerprint density at radius 2 is 1.92 bits per heavy atom. The summed E-state index contributed by atoms with van der Waals surface area (Å²) in [6.45, 7) is 7.09. The summed E-state index contributed by atoms with van der Waals surface area (Å²) < 4.78 is 5.89. The van der Waals surface area contributed by atoms with E-state index in [0.717, 1.165) is 6.08 Å². The third-order valence-corrected chi connectivity index (χ3v) is 4.97. The van der Waals surface area contributed by atoms with Crippen LogP contribution in [0.25, 0.3) is 0 Å². The minimum Gasteiger partial charge on any atom is -0.478 e. The van der Waals surface area contributed by atoms with Gasteiger partial charge in [-0.2, -0.15) is 0 Å². The summed E-state index contributed by atoms with van der Waals surface area (Å²) in [5.41, 5.74) is 4.28. The predicted molar refractivity (Wildman–Crippen MR) is 92.7 cm³/mol. The van der Waals surface area contributed by atoms with Crippen molar-refractivity contribution in [2.75, 3.05) is 0 Å². The van der Waals surface area contributed by atoms with Crippen molar-refractivity contribution in [2.45, 2.75) is 58.1 Å². The molecule has 1 atom stereocenters. The molecule has 2 rings (SSSR count). The Bertz CT molecular complexity index is 709. The van der Waals surface area contributed by atoms with Gasteiger partial charge in [0.05, 0.1) is 0 Å². The van der Waals surface area contributed by atoms with Crippen LogP contribution in [0.15, 0.2) is 35.5 Å². The Balaban J connectivity index is 2.49. The average molecular weight is 347 g/mol. The summed E-state index contributed by atoms with van der Waals surface area (Å²) in [5, 5.41) is 8.87. The van der Waals surface area contributed by atoms with Crippen LogP contribution in [-0.4, -0.2) is 34.0 Å². The van der Waals surface area contributed by atoms with E-state index in [1.165, 1.54) is 6.08 Å². The van der Waals surface area contributed by atoms with Crippen LogP contribution in [-0.2, 0) is 19.1 Å². The fourth-order valence-electron chi connectivity index (χ4n) is 3.19. The van der Waals surface area contributed by atoms with Gasteiger partial charge in [-0.3, -0.25) is 9.59 Å². The van der Waals surface area contributed by atoms with E-state index in [-0.39, 0.29) is 12.2 Å². The first-order chi connectivity index (χ1) is 11.4. The van der Waals surface area contributed by atoms with Crippen molar-refractivity contribution < 1.29 is 24.2 Å². The largest absolute Gasteiger partial charge is 0.478 e. The van der Waals surface area contributed by atoms with E-state index in [1.54, 1.807) is 26.0 Å². The lowest BCUT2D eigenvalue weighted by atomic mass is 9.64. The van der Waals surface area contributed by atoms with Crippen molar-refractivity contribution in [2.24, 2.45) is 11.1 Å². The molecule has 1 unspecified atom stereocenters. The zero-order chi connectivity index (χ0) is 19.0. The highest BCUT2D eigenvalue weighted by Crippen LogP contribution is 2.48. The predicted octanol–water partition coefficient (Wildman–Crippen LogP) is 2.29. The molecule has 0 spiro atoms. The lowest BCUT2D eigenvalue weighted by Crippen LogP contribution is -2.53. The minimum absolute atomic E-state index is 0.0331. The van der Waals surface area contributed by atoms with E-state index in [0.29, 0.717) is 24.0 Å². The number of carbonyl (C=O) groups excluding carboxylic acids is 2. The van der Waals surface area contributed by atoms with E-state index < -0.39 is 28.5 Å². The second-order valence-corrected chi connectivity index (χ2v) is 7.70. The van der Waals surface area contributed by atoms with Crippen LogP contribution < -0.4 is 5.73 Å². The Labute approximate surface area is 147 Å². The van der Waals surface area contributed by atoms with Gasteiger partial charge in [-0.15, -0.1) is 0 Å². The molecule has 0 aromatic carbocycles. The molecule has 0 amide bonds. The highest BCUT2D eigenvalue weighted by Gasteiger charge is 2.56. The number of allylic oxidation sites excluding steroid dienone is 3. The number of carbonyl (C=O) groups is 3. The summed E-state index contributed by atoms with van der Waals surface area (Å²) >= 11 is 0. The van der Waals surface area contributed by atoms with Crippen LogP contribution in [0.2, 0.25) is 0 Å². The topological polar surface area (TPSA) is 107 Å². The van der Waals surface area contributed by atoms with Gasteiger partial charge in [-0.1, -0.05) is 19.9 Å². The second kappa shape index (κ2) is 6.26. The SMILES string of the molecule is CC(C=CC1(OC(=O)C2(N)CC2)C(C)=CC(=O)CC1(C)C)=CC(=O)O. The number of ether oxygens (including phenoxy) is 1. The van der Waals surface area contributed by atoms with Gasteiger partial charge in [0.2, 0.25) is 0 Å². The number of hydrogen-bond donors (Lipinski definition) is 2. The first-order valence-corrected chi connectivity index (χ1v) is 8.26. The molecule has 136 valence electrons. The molecule has 1 saturated carbocycles. The van der Waals surface area contributed by atoms with E-state index >= 15 is 0 Å². The molecule has 0 aliphatic heterocycles. The average Bonchev–Trinajstić information content (AvgIpc) is 3.19. The van der Waals surface area contributed by atoms with Crippen molar-refractivity contribution in [1.82, 2.24) is 0 Å². The number of carboxylic acids is 1. The molecule has 6 heteroatoms. The molecule has 2 aliphatic carbocycles. The van der Waals surface area contributed by atoms with Gasteiger partial charge < -0.3 is 15.6 Å². The van der Waals surface area contributed by atoms with Crippen LogP contribution >= 0.6 is 0 Å². The number of nitrogens with two attached hydrogens (primary N) is 1. The minimum atomic E-state index is -1.15. The fraction of sp³-hybridized carbons (Fsp3) is 0.526. The Kier molecular flexibility index (Phi) is 4.79. The number of carboxylic acid groups (broad SMARTS) is 1. The van der Waals surface area contributed by atoms with Gasteiger partial charge in [0.25, 0.3) is 0 Å². The number of ketones is 1. The van der Waals surface area contributed by atoms with Crippen LogP contribution in [0.5, 0.6) is 0 Å². The smallest absolute Gasteiger partial charge is 0.328 e. The normalized spacial score (nSPS) is 27.8. The molecule has 0 bridgehead atoms. The number of esters is 1. The molecule has 6 nitrogen and oxygen atoms in total. The van der Waals surface area contributed by atoms with Crippen molar-refractivity contribution in [3.8, 4) is 0 Å². The number of rotatable bonds is 5. The van der Waals surface area contributed by atoms with Crippen LogP contribution in [0, 0.1) is 5.41 Å². The van der Waals surface area contributed by atoms with Crippen LogP contribution in [0.1, 0.15) is 47.0 Å². The highest BCUT2D eigenvalue weighted by molar-refractivity contribution is 5.93. The molecule has 2 aliphatic rings. The molecule has 1 fully saturated rings. The zero-order valence-corrected chi connectivity index (χ0v) is 15.1. The van der Waals surface area contributed by atoms with E-state index in [2.05, 4.69) is 0 Å². The summed E-state index contributed by atoms with van der Waals surface area (Å²) in [4.78, 5) is 35.4. The van der Waals surface area contributed by atoms with Crippen LogP contribution in [0.4, 0.5) is 0 Å². The fourth-order valence-corrected chi connectivity index (χ4v) is 3.19. The molecular formula is C19H25NO5. The molecule has 3 N–H and O–H groups in total. The summed E-state index contributed by atoms with van der Waals surface area (Å²) in [6, 6.07) is 0. The summed E-state index contributed by atoms with van der Waals surface area (Å²) in [5.74, 6) is -1.58. The third kappa shape index (κ3) is 3.74. The van der Waals surface area contributed by atoms with E-state index in [1.807, 2.05) is 13.8 Å². The molecule has 25 heavy (non-hydrogen) atoms. The maximum Gasteiger partial charge on any atom is 0.328 e. The molecule has 0 heterocycles. The van der Waals surface area contributed by atoms with Crippen molar-refractivity contribution >= 4 is 17.7 Å². The third-order valence-electron chi connectivity index (χ3n) is 4.97. The van der Waals surface area contributed by atoms with Gasteiger partial charge in [0, 0.05) is 17.9 Å². The monoisotopic (exact) mass is 347 g/mol. The Morgan fingerprint density at radius 1 is 1.32 bits per heavy atom. The van der Waals surface area contributed by atoms with Gasteiger partial charge in [-0.05, 0) is 50.0 Å². The maximum absolute atomic E-state index is 12.5. The maximum atomic E-state index is 12.5. The lowest BCUT2D eigenvalue weighted by molar-refractivity contribution is -0.166. The van der Waals surface area contributed by atoms with Gasteiger partial charge in [-0.25, -0.2) is 4.79 Å². The number of aliphatic carboxylic acids is 1. The highest BCUT2D eigenvalue weighted by atomic mass is 16.6. The van der Waals surface area contributed by atoms with E-state index in [4.69, 9.17) is 15.6 Å². The zero-order valence-electron chi connectivity index (χ0n) is 15.1. The van der Waals surface area contributed by atoms with Crippen molar-refractivity contribution in [3.63, 3.8) is 0 Å². The Morgan fingerprint density at radius 3 is 2.40 bits per heavy atom. The molecule has 0 aromatic heterocycles. The van der Waals surface area contributed by atoms with Gasteiger partial charge in [0.15, 0.2) is 11.4 Å².